The lowest BCUT2D eigenvalue weighted by atomic mass is 10.1. The van der Waals surface area contributed by atoms with Crippen LogP contribution in [0.4, 0.5) is 0 Å². The van der Waals surface area contributed by atoms with Gasteiger partial charge in [0.05, 0.1) is 19.4 Å². The highest BCUT2D eigenvalue weighted by molar-refractivity contribution is 7.52. The number of carbonyl (C=O) groups excluding carboxylic acids is 1. The lowest BCUT2D eigenvalue weighted by molar-refractivity contribution is -0.146. The number of para-hydroxylation sites is 1. The topological polar surface area (TPSA) is 178 Å². The number of amidine groups is 1. The van der Waals surface area contributed by atoms with E-state index in [2.05, 4.69) is 21.8 Å². The van der Waals surface area contributed by atoms with Gasteiger partial charge < -0.3 is 29.9 Å². The number of nitrogens with zero attached hydrogens (tertiary/aromatic N) is 3. The molecule has 2 aliphatic heterocycles. The molecule has 1 fully saturated rings. The van der Waals surface area contributed by atoms with Crippen LogP contribution in [0, 0.1) is 5.92 Å². The summed E-state index contributed by atoms with van der Waals surface area (Å²) >= 11 is 0. The Morgan fingerprint density at radius 1 is 1.28 bits per heavy atom. The number of hydrazone groups is 1. The van der Waals surface area contributed by atoms with Gasteiger partial charge in [-0.3, -0.25) is 9.32 Å². The van der Waals surface area contributed by atoms with E-state index in [9.17, 15) is 19.6 Å². The molecule has 36 heavy (non-hydrogen) atoms. The average molecular weight is 525 g/mol. The number of aliphatic imine (C=N–C) groups is 1. The lowest BCUT2D eigenvalue weighted by Gasteiger charge is -2.28. The number of carbonyl (C=O) groups is 1. The highest BCUT2D eigenvalue weighted by Crippen LogP contribution is 2.45. The second-order valence-corrected chi connectivity index (χ2v) is 10.4. The molecule has 13 nitrogen and oxygen atoms in total. The van der Waals surface area contributed by atoms with Crippen molar-refractivity contribution in [1.82, 2.24) is 10.1 Å². The van der Waals surface area contributed by atoms with Gasteiger partial charge in [-0.25, -0.2) is 14.6 Å². The second kappa shape index (κ2) is 12.0. The third kappa shape index (κ3) is 7.12. The largest absolute Gasteiger partial charge is 0.464 e. The first-order chi connectivity index (χ1) is 17.0. The third-order valence-electron chi connectivity index (χ3n) is 5.06. The molecule has 2 unspecified atom stereocenters. The van der Waals surface area contributed by atoms with Gasteiger partial charge >= 0.3 is 13.7 Å². The Morgan fingerprint density at radius 3 is 2.61 bits per heavy atom. The Kier molecular flexibility index (Phi) is 9.23. The molecular formula is C22H32N5O8P. The number of rotatable bonds is 11. The van der Waals surface area contributed by atoms with Crippen LogP contribution in [0.2, 0.25) is 0 Å². The Bertz CT molecular complexity index is 1040. The van der Waals surface area contributed by atoms with Crippen LogP contribution in [0.5, 0.6) is 5.75 Å². The van der Waals surface area contributed by atoms with Crippen molar-refractivity contribution in [2.45, 2.75) is 51.4 Å². The van der Waals surface area contributed by atoms with Crippen molar-refractivity contribution < 1.29 is 38.1 Å². The van der Waals surface area contributed by atoms with Gasteiger partial charge in [0.2, 0.25) is 0 Å². The molecule has 1 saturated heterocycles. The molecule has 0 bridgehead atoms. The first kappa shape index (κ1) is 27.8. The van der Waals surface area contributed by atoms with E-state index < -0.39 is 50.9 Å². The molecule has 1 aromatic carbocycles. The molecule has 0 radical (unpaired) electrons. The summed E-state index contributed by atoms with van der Waals surface area (Å²) in [5.74, 6) is -0.0846. The van der Waals surface area contributed by atoms with Crippen LogP contribution in [-0.4, -0.2) is 77.0 Å². The van der Waals surface area contributed by atoms with Crippen LogP contribution in [0.3, 0.4) is 0 Å². The van der Waals surface area contributed by atoms with Gasteiger partial charge in [-0.15, -0.1) is 0 Å². The molecule has 198 valence electrons. The van der Waals surface area contributed by atoms with E-state index >= 15 is 0 Å². The number of nitrogens with two attached hydrogens (primary N) is 1. The Morgan fingerprint density at radius 2 is 1.97 bits per heavy atom. The second-order valence-electron chi connectivity index (χ2n) is 8.66. The molecule has 2 heterocycles. The number of hydrogen-bond donors (Lipinski definition) is 4. The summed E-state index contributed by atoms with van der Waals surface area (Å²) < 4.78 is 35.6. The molecule has 6 atom stereocenters. The molecule has 0 aliphatic carbocycles. The summed E-state index contributed by atoms with van der Waals surface area (Å²) in [6, 6.07) is 7.17. The highest BCUT2D eigenvalue weighted by atomic mass is 31.2. The summed E-state index contributed by atoms with van der Waals surface area (Å²) in [5, 5.41) is 28.8. The van der Waals surface area contributed by atoms with Gasteiger partial charge in [0.25, 0.3) is 0 Å². The minimum atomic E-state index is -4.19. The summed E-state index contributed by atoms with van der Waals surface area (Å²) in [4.78, 5) is 16.3. The van der Waals surface area contributed by atoms with Gasteiger partial charge in [-0.05, 0) is 25.0 Å². The molecule has 1 aromatic rings. The molecule has 0 saturated carbocycles. The SMILES string of the molecule is C=C1N=C(N)C=NN1[C@@H]1O[C@H](COP(=O)(N[C@@H](C)C(=O)OCC(C)C)Oc2ccccc2)C(O)[C@@H]1O. The predicted octanol–water partition coefficient (Wildman–Crippen LogP) is 0.944. The summed E-state index contributed by atoms with van der Waals surface area (Å²) in [5.41, 5.74) is 5.58. The number of benzene rings is 1. The maximum atomic E-state index is 13.6. The fourth-order valence-electron chi connectivity index (χ4n) is 3.24. The minimum Gasteiger partial charge on any atom is -0.464 e. The van der Waals surface area contributed by atoms with Crippen LogP contribution in [0.15, 0.2) is 52.8 Å². The van der Waals surface area contributed by atoms with Crippen molar-refractivity contribution in [3.63, 3.8) is 0 Å². The number of nitrogens with one attached hydrogen (secondary N) is 1. The monoisotopic (exact) mass is 525 g/mol. The fourth-order valence-corrected chi connectivity index (χ4v) is 4.75. The van der Waals surface area contributed by atoms with Crippen molar-refractivity contribution in [3.05, 3.63) is 42.7 Å². The molecular weight excluding hydrogens is 493 g/mol. The number of ether oxygens (including phenoxy) is 2. The van der Waals surface area contributed by atoms with E-state index in [0.29, 0.717) is 0 Å². The smallest absolute Gasteiger partial charge is 0.459 e. The van der Waals surface area contributed by atoms with Gasteiger partial charge in [0, 0.05) is 0 Å². The summed E-state index contributed by atoms with van der Waals surface area (Å²) in [6.07, 6.45) is -3.89. The van der Waals surface area contributed by atoms with Crippen molar-refractivity contribution in [3.8, 4) is 5.75 Å². The summed E-state index contributed by atoms with van der Waals surface area (Å²) in [6.45, 7) is 8.67. The van der Waals surface area contributed by atoms with E-state index in [4.69, 9.17) is 24.3 Å². The zero-order chi connectivity index (χ0) is 26.5. The number of aliphatic hydroxyl groups excluding tert-OH is 2. The van der Waals surface area contributed by atoms with E-state index in [1.807, 2.05) is 13.8 Å². The molecule has 3 rings (SSSR count). The maximum Gasteiger partial charge on any atom is 0.459 e. The normalized spacial score (nSPS) is 26.4. The van der Waals surface area contributed by atoms with Crippen molar-refractivity contribution in [1.29, 1.82) is 0 Å². The Balaban J connectivity index is 1.70. The zero-order valence-electron chi connectivity index (χ0n) is 20.3. The number of esters is 1. The van der Waals surface area contributed by atoms with Gasteiger partial charge in [-0.1, -0.05) is 38.6 Å². The molecule has 5 N–H and O–H groups in total. The van der Waals surface area contributed by atoms with Gasteiger partial charge in [-0.2, -0.15) is 10.2 Å². The molecule has 0 amide bonds. The Hall–Kier alpha value is -2.80. The van der Waals surface area contributed by atoms with E-state index in [-0.39, 0.29) is 29.9 Å². The van der Waals surface area contributed by atoms with Gasteiger partial charge in [0.15, 0.2) is 6.23 Å². The van der Waals surface area contributed by atoms with E-state index in [1.54, 1.807) is 30.3 Å². The summed E-state index contributed by atoms with van der Waals surface area (Å²) in [7, 11) is -4.19. The molecule has 14 heteroatoms. The van der Waals surface area contributed by atoms with Crippen LogP contribution in [0.1, 0.15) is 20.8 Å². The highest BCUT2D eigenvalue weighted by Gasteiger charge is 2.48. The van der Waals surface area contributed by atoms with Crippen LogP contribution in [-0.2, 0) is 23.4 Å². The third-order valence-corrected chi connectivity index (χ3v) is 6.70. The maximum absolute atomic E-state index is 13.6. The fraction of sp³-hybridized carbons (Fsp3) is 0.500. The quantitative estimate of drug-likeness (QED) is 0.239. The van der Waals surface area contributed by atoms with Crippen LogP contribution in [0.25, 0.3) is 0 Å². The molecule has 0 aromatic heterocycles. The predicted molar refractivity (Wildman–Crippen MR) is 131 cm³/mol. The van der Waals surface area contributed by atoms with Gasteiger partial charge in [0.1, 0.15) is 41.8 Å². The van der Waals surface area contributed by atoms with Crippen molar-refractivity contribution >= 4 is 25.8 Å². The van der Waals surface area contributed by atoms with Crippen molar-refractivity contribution in [2.24, 2.45) is 21.7 Å². The molecule has 2 aliphatic rings. The first-order valence-electron chi connectivity index (χ1n) is 11.3. The first-order valence-corrected chi connectivity index (χ1v) is 12.8. The van der Waals surface area contributed by atoms with Crippen molar-refractivity contribution in [2.75, 3.05) is 13.2 Å². The van der Waals surface area contributed by atoms with Crippen LogP contribution >= 0.6 is 7.75 Å². The number of aliphatic hydroxyl groups is 2. The van der Waals surface area contributed by atoms with E-state index in [1.165, 1.54) is 13.1 Å². The van der Waals surface area contributed by atoms with Crippen LogP contribution < -0.4 is 15.3 Å². The average Bonchev–Trinajstić information content (AvgIpc) is 3.10. The number of hydrogen-bond acceptors (Lipinski definition) is 12. The van der Waals surface area contributed by atoms with E-state index in [0.717, 1.165) is 5.01 Å². The Labute approximate surface area is 209 Å². The zero-order valence-corrected chi connectivity index (χ0v) is 21.2. The molecule has 0 spiro atoms. The standard InChI is InChI=1S/C22H32N5O8P/c1-13(2)11-32-22(30)14(3)26-36(31,35-16-8-6-5-7-9-16)33-12-17-19(28)20(29)21(34-17)27-15(4)25-18(23)10-24-27/h5-10,13-14,17,19-21,28-29H,4,11-12H2,1-3H3,(H2,23,25)(H,26,31)/t14-,17+,19?,20-,21+,36?/m0/s1. The lowest BCUT2D eigenvalue weighted by Crippen LogP contribution is -2.42. The minimum absolute atomic E-state index is 0.0984.